The predicted octanol–water partition coefficient (Wildman–Crippen LogP) is 5.60. The van der Waals surface area contributed by atoms with Crippen LogP contribution in [0.3, 0.4) is 0 Å². The minimum atomic E-state index is -0.273. The third-order valence-corrected chi connectivity index (χ3v) is 7.28. The van der Waals surface area contributed by atoms with Crippen molar-refractivity contribution in [3.63, 3.8) is 0 Å². The third kappa shape index (κ3) is 4.06. The first-order chi connectivity index (χ1) is 15.9. The van der Waals surface area contributed by atoms with Crippen LogP contribution in [-0.4, -0.2) is 30.2 Å². The molecule has 5 rings (SSSR count). The summed E-state index contributed by atoms with van der Waals surface area (Å²) in [6, 6.07) is 12.3. The quantitative estimate of drug-likeness (QED) is 0.353. The molecule has 1 saturated carbocycles. The van der Waals surface area contributed by atoms with Crippen LogP contribution < -0.4 is 4.74 Å². The fourth-order valence-electron chi connectivity index (χ4n) is 5.28. The minimum absolute atomic E-state index is 0.104. The zero-order valence-electron chi connectivity index (χ0n) is 18.7. The molecule has 2 aliphatic carbocycles. The van der Waals surface area contributed by atoms with Crippen LogP contribution in [0.1, 0.15) is 34.5 Å². The van der Waals surface area contributed by atoms with Crippen molar-refractivity contribution in [2.24, 2.45) is 17.8 Å². The normalized spacial score (nSPS) is 21.0. The fraction of sp³-hybridized carbons (Fsp3) is 0.333. The summed E-state index contributed by atoms with van der Waals surface area (Å²) in [7, 11) is 1.60. The molecule has 0 saturated heterocycles. The number of hydrogen-bond acceptors (Lipinski definition) is 4. The Balaban J connectivity index is 1.44. The first-order valence-electron chi connectivity index (χ1n) is 11.3. The molecule has 0 radical (unpaired) electrons. The largest absolute Gasteiger partial charge is 0.497 e. The highest BCUT2D eigenvalue weighted by atomic mass is 35.5. The second-order valence-corrected chi connectivity index (χ2v) is 9.43. The number of carbonyl (C=O) groups is 2. The molecule has 0 N–H and O–H groups in total. The minimum Gasteiger partial charge on any atom is -0.497 e. The van der Waals surface area contributed by atoms with Gasteiger partial charge in [0.15, 0.2) is 0 Å². The van der Waals surface area contributed by atoms with Crippen LogP contribution >= 0.6 is 11.6 Å². The number of benzene rings is 2. The lowest BCUT2D eigenvalue weighted by molar-refractivity contribution is -0.144. The topological polar surface area (TPSA) is 57.5 Å². The molecular weight excluding hydrogens is 438 g/mol. The zero-order valence-corrected chi connectivity index (χ0v) is 19.5. The van der Waals surface area contributed by atoms with E-state index >= 15 is 0 Å². The molecule has 3 atom stereocenters. The Kier molecular flexibility index (Phi) is 5.75. The lowest BCUT2D eigenvalue weighted by Crippen LogP contribution is -2.19. The van der Waals surface area contributed by atoms with Crippen molar-refractivity contribution in [3.8, 4) is 5.75 Å². The van der Waals surface area contributed by atoms with Gasteiger partial charge >= 0.3 is 5.97 Å². The molecule has 1 heterocycles. The Hall–Kier alpha value is -3.05. The predicted molar refractivity (Wildman–Crippen MR) is 128 cm³/mol. The molecule has 6 heteroatoms. The lowest BCUT2D eigenvalue weighted by Gasteiger charge is -2.17. The molecule has 3 aromatic rings. The van der Waals surface area contributed by atoms with E-state index in [1.807, 2.05) is 25.1 Å². The van der Waals surface area contributed by atoms with Gasteiger partial charge in [0.25, 0.3) is 5.91 Å². The van der Waals surface area contributed by atoms with Gasteiger partial charge in [-0.15, -0.1) is 0 Å². The third-order valence-electron chi connectivity index (χ3n) is 7.03. The highest BCUT2D eigenvalue weighted by molar-refractivity contribution is 6.30. The van der Waals surface area contributed by atoms with Gasteiger partial charge in [-0.3, -0.25) is 14.2 Å². The Bertz CT molecular complexity index is 1260. The second-order valence-electron chi connectivity index (χ2n) is 8.99. The number of esters is 1. The molecule has 0 spiro atoms. The SMILES string of the molecule is COc1ccc2c(c1)c(CC(=O)OCC1CC3C=CC1C3)c(C)n2C(=O)c1ccc(Cl)cc1. The van der Waals surface area contributed by atoms with Crippen LogP contribution in [0.4, 0.5) is 0 Å². The number of halogens is 1. The first-order valence-corrected chi connectivity index (χ1v) is 11.6. The van der Waals surface area contributed by atoms with Gasteiger partial charge in [0.05, 0.1) is 25.7 Å². The van der Waals surface area contributed by atoms with E-state index in [4.69, 9.17) is 21.1 Å². The highest BCUT2D eigenvalue weighted by Gasteiger charge is 2.36. The maximum Gasteiger partial charge on any atom is 0.310 e. The summed E-state index contributed by atoms with van der Waals surface area (Å²) in [6.07, 6.45) is 6.93. The lowest BCUT2D eigenvalue weighted by atomic mass is 9.95. The van der Waals surface area contributed by atoms with E-state index in [1.165, 1.54) is 6.42 Å². The molecule has 2 bridgehead atoms. The van der Waals surface area contributed by atoms with Crippen molar-refractivity contribution in [2.45, 2.75) is 26.2 Å². The second kappa shape index (κ2) is 8.71. The Morgan fingerprint density at radius 3 is 2.55 bits per heavy atom. The summed E-state index contributed by atoms with van der Waals surface area (Å²) < 4.78 is 12.8. The Morgan fingerprint density at radius 2 is 1.88 bits per heavy atom. The van der Waals surface area contributed by atoms with Crippen molar-refractivity contribution in [3.05, 3.63) is 76.5 Å². The van der Waals surface area contributed by atoms with E-state index in [9.17, 15) is 9.59 Å². The summed E-state index contributed by atoms with van der Waals surface area (Å²) in [4.78, 5) is 26.2. The fourth-order valence-corrected chi connectivity index (χ4v) is 5.40. The van der Waals surface area contributed by atoms with Crippen molar-refractivity contribution >= 4 is 34.4 Å². The van der Waals surface area contributed by atoms with E-state index < -0.39 is 0 Å². The van der Waals surface area contributed by atoms with E-state index in [-0.39, 0.29) is 18.3 Å². The average Bonchev–Trinajstić information content (AvgIpc) is 3.51. The van der Waals surface area contributed by atoms with Gasteiger partial charge in [0.2, 0.25) is 0 Å². The summed E-state index contributed by atoms with van der Waals surface area (Å²) in [6.45, 7) is 2.32. The molecule has 5 nitrogen and oxygen atoms in total. The van der Waals surface area contributed by atoms with Crippen molar-refractivity contribution in [1.82, 2.24) is 4.57 Å². The molecule has 3 unspecified atom stereocenters. The Morgan fingerprint density at radius 1 is 1.09 bits per heavy atom. The van der Waals surface area contributed by atoms with E-state index in [0.29, 0.717) is 40.7 Å². The van der Waals surface area contributed by atoms with Crippen LogP contribution in [0.2, 0.25) is 5.02 Å². The van der Waals surface area contributed by atoms with Crippen LogP contribution in [0.25, 0.3) is 10.9 Å². The monoisotopic (exact) mass is 463 g/mol. The standard InChI is InChI=1S/C27H26ClNO4/c1-16-23(14-26(30)33-15-20-12-17-3-4-19(20)11-17)24-13-22(32-2)9-10-25(24)29(16)27(31)18-5-7-21(28)8-6-18/h3-10,13,17,19-20H,11-12,14-15H2,1-2H3. The van der Waals surface area contributed by atoms with Gasteiger partial charge in [-0.05, 0) is 85.5 Å². The van der Waals surface area contributed by atoms with Gasteiger partial charge in [-0.25, -0.2) is 0 Å². The van der Waals surface area contributed by atoms with Gasteiger partial charge in [-0.1, -0.05) is 23.8 Å². The Labute approximate surface area is 197 Å². The maximum atomic E-state index is 13.4. The van der Waals surface area contributed by atoms with Crippen LogP contribution in [-0.2, 0) is 16.0 Å². The molecule has 170 valence electrons. The molecule has 2 aromatic carbocycles. The van der Waals surface area contributed by atoms with Crippen LogP contribution in [0.15, 0.2) is 54.6 Å². The van der Waals surface area contributed by atoms with E-state index in [2.05, 4.69) is 12.2 Å². The van der Waals surface area contributed by atoms with Crippen LogP contribution in [0.5, 0.6) is 5.75 Å². The number of allylic oxidation sites excluding steroid dienone is 2. The van der Waals surface area contributed by atoms with Gasteiger partial charge < -0.3 is 9.47 Å². The van der Waals surface area contributed by atoms with Crippen LogP contribution in [0, 0.1) is 24.7 Å². The van der Waals surface area contributed by atoms with Gasteiger partial charge in [0, 0.05) is 21.7 Å². The number of hydrogen-bond donors (Lipinski definition) is 0. The van der Waals surface area contributed by atoms with E-state index in [1.54, 1.807) is 35.9 Å². The van der Waals surface area contributed by atoms with Gasteiger partial charge in [0.1, 0.15) is 5.75 Å². The molecule has 0 amide bonds. The maximum absolute atomic E-state index is 13.4. The molecular formula is C27H26ClNO4. The van der Waals surface area contributed by atoms with Gasteiger partial charge in [-0.2, -0.15) is 0 Å². The highest BCUT2D eigenvalue weighted by Crippen LogP contribution is 2.43. The number of fused-ring (bicyclic) bond motifs is 3. The molecule has 0 aliphatic heterocycles. The number of rotatable bonds is 6. The number of methoxy groups -OCH3 is 1. The molecule has 2 aliphatic rings. The summed E-state index contributed by atoms with van der Waals surface area (Å²) in [5.74, 6) is 1.82. The average molecular weight is 464 g/mol. The number of nitrogens with zero attached hydrogens (tertiary/aromatic N) is 1. The van der Waals surface area contributed by atoms with Crippen molar-refractivity contribution in [1.29, 1.82) is 0 Å². The molecule has 33 heavy (non-hydrogen) atoms. The molecule has 1 aromatic heterocycles. The smallest absolute Gasteiger partial charge is 0.310 e. The summed E-state index contributed by atoms with van der Waals surface area (Å²) in [5, 5.41) is 1.38. The van der Waals surface area contributed by atoms with E-state index in [0.717, 1.165) is 28.6 Å². The zero-order chi connectivity index (χ0) is 23.1. The number of ether oxygens (including phenoxy) is 2. The summed E-state index contributed by atoms with van der Waals surface area (Å²) >= 11 is 5.99. The number of aromatic nitrogens is 1. The summed E-state index contributed by atoms with van der Waals surface area (Å²) in [5.41, 5.74) is 2.75. The number of carbonyl (C=O) groups excluding carboxylic acids is 2. The van der Waals surface area contributed by atoms with Crippen molar-refractivity contribution in [2.75, 3.05) is 13.7 Å². The molecule has 1 fully saturated rings. The first kappa shape index (κ1) is 21.8. The van der Waals surface area contributed by atoms with Crippen molar-refractivity contribution < 1.29 is 19.1 Å².